The molecule has 2 atom stereocenters. The van der Waals surface area contributed by atoms with Crippen LogP contribution in [0.2, 0.25) is 0 Å². The van der Waals surface area contributed by atoms with E-state index in [2.05, 4.69) is 22.8 Å². The molecule has 1 saturated carbocycles. The average Bonchev–Trinajstić information content (AvgIpc) is 2.63. The lowest BCUT2D eigenvalue weighted by Crippen LogP contribution is -2.44. The molecule has 6 nitrogen and oxygen atoms in total. The Kier molecular flexibility index (Phi) is 5.96. The van der Waals surface area contributed by atoms with Gasteiger partial charge in [0.25, 0.3) is 0 Å². The molecule has 0 aromatic heterocycles. The van der Waals surface area contributed by atoms with Gasteiger partial charge in [-0.25, -0.2) is 0 Å². The van der Waals surface area contributed by atoms with Crippen LogP contribution in [0.25, 0.3) is 0 Å². The smallest absolute Gasteiger partial charge is 0.203 e. The van der Waals surface area contributed by atoms with E-state index in [1.165, 1.54) is 19.3 Å². The highest BCUT2D eigenvalue weighted by atomic mass is 32.1. The van der Waals surface area contributed by atoms with E-state index in [-0.39, 0.29) is 0 Å². The molecule has 0 unspecified atom stereocenters. The maximum absolute atomic E-state index is 5.62. The second kappa shape index (κ2) is 8.38. The summed E-state index contributed by atoms with van der Waals surface area (Å²) >= 11 is 5.34. The molecule has 1 aliphatic carbocycles. The van der Waals surface area contributed by atoms with Crippen LogP contribution in [0.1, 0.15) is 38.2 Å². The molecule has 3 rings (SSSR count). The van der Waals surface area contributed by atoms with Crippen molar-refractivity contribution in [1.82, 2.24) is 10.7 Å². The van der Waals surface area contributed by atoms with Crippen LogP contribution in [0, 0.1) is 5.92 Å². The minimum absolute atomic E-state index is 0.429. The molecular weight excluding hydrogens is 338 g/mol. The molecule has 1 aliphatic heterocycles. The predicted octanol–water partition coefficient (Wildman–Crippen LogP) is 2.84. The topological polar surface area (TPSA) is 64.1 Å². The Morgan fingerprint density at radius 2 is 2.08 bits per heavy atom. The maximum atomic E-state index is 5.62. The van der Waals surface area contributed by atoms with Gasteiger partial charge in [0.05, 0.1) is 13.3 Å². The van der Waals surface area contributed by atoms with E-state index in [1.54, 1.807) is 13.3 Å². The van der Waals surface area contributed by atoms with E-state index in [4.69, 9.17) is 26.4 Å². The van der Waals surface area contributed by atoms with Crippen molar-refractivity contribution in [2.24, 2.45) is 11.0 Å². The fraction of sp³-hybridized carbons (Fsp3) is 0.556. The van der Waals surface area contributed by atoms with Crippen molar-refractivity contribution < 1.29 is 14.2 Å². The van der Waals surface area contributed by atoms with Gasteiger partial charge in [0.1, 0.15) is 13.2 Å². The number of nitrogens with one attached hydrogen (secondary N) is 2. The highest BCUT2D eigenvalue weighted by molar-refractivity contribution is 7.80. The summed E-state index contributed by atoms with van der Waals surface area (Å²) in [5.74, 6) is 2.58. The molecule has 1 aromatic carbocycles. The Hall–Kier alpha value is -2.02. The lowest BCUT2D eigenvalue weighted by molar-refractivity contribution is 0.165. The van der Waals surface area contributed by atoms with Crippen LogP contribution in [-0.4, -0.2) is 37.7 Å². The molecule has 1 aromatic rings. The van der Waals surface area contributed by atoms with Gasteiger partial charge in [-0.05, 0) is 43.1 Å². The van der Waals surface area contributed by atoms with Gasteiger partial charge in [-0.1, -0.05) is 19.8 Å². The summed E-state index contributed by atoms with van der Waals surface area (Å²) in [4.78, 5) is 0. The Bertz CT molecular complexity index is 633. The monoisotopic (exact) mass is 363 g/mol. The molecule has 0 spiro atoms. The predicted molar refractivity (Wildman–Crippen MR) is 102 cm³/mol. The van der Waals surface area contributed by atoms with E-state index >= 15 is 0 Å². The van der Waals surface area contributed by atoms with Crippen LogP contribution in [0.4, 0.5) is 0 Å². The number of benzene rings is 1. The Balaban J connectivity index is 1.59. The van der Waals surface area contributed by atoms with Crippen LogP contribution < -0.4 is 25.0 Å². The van der Waals surface area contributed by atoms with Gasteiger partial charge in [0.2, 0.25) is 5.75 Å². The summed E-state index contributed by atoms with van der Waals surface area (Å²) in [7, 11) is 1.61. The molecule has 7 heteroatoms. The zero-order valence-electron chi connectivity index (χ0n) is 14.7. The van der Waals surface area contributed by atoms with Crippen molar-refractivity contribution in [3.8, 4) is 17.2 Å². The molecular formula is C18H25N3O3S. The summed E-state index contributed by atoms with van der Waals surface area (Å²) in [5.41, 5.74) is 3.74. The van der Waals surface area contributed by atoms with E-state index in [0.29, 0.717) is 47.5 Å². The van der Waals surface area contributed by atoms with Gasteiger partial charge in [-0.3, -0.25) is 5.43 Å². The third-order valence-corrected chi connectivity index (χ3v) is 4.87. The highest BCUT2D eigenvalue weighted by Gasteiger charge is 2.21. The molecule has 1 heterocycles. The molecule has 136 valence electrons. The molecule has 0 saturated heterocycles. The molecule has 1 fully saturated rings. The second-order valence-corrected chi connectivity index (χ2v) is 6.87. The number of hydrogen-bond donors (Lipinski definition) is 2. The maximum Gasteiger partial charge on any atom is 0.203 e. The zero-order valence-corrected chi connectivity index (χ0v) is 15.5. The fourth-order valence-corrected chi connectivity index (χ4v) is 3.47. The molecule has 2 aliphatic rings. The first kappa shape index (κ1) is 17.8. The summed E-state index contributed by atoms with van der Waals surface area (Å²) in [5, 5.41) is 8.15. The van der Waals surface area contributed by atoms with Crippen LogP contribution in [0.3, 0.4) is 0 Å². The standard InChI is InChI=1S/C18H25N3O3S/c1-12-5-3-4-6-14(12)20-18(25)21-19-11-13-9-15(22-2)17-16(10-13)23-7-8-24-17/h9-12,14H,3-8H2,1-2H3,(H2,20,21,25)/b19-11-/t12-,14-/m0/s1. The van der Waals surface area contributed by atoms with Gasteiger partial charge in [-0.2, -0.15) is 5.10 Å². The van der Waals surface area contributed by atoms with E-state index < -0.39 is 0 Å². The molecule has 25 heavy (non-hydrogen) atoms. The summed E-state index contributed by atoms with van der Waals surface area (Å²) in [6.45, 7) is 3.32. The molecule has 0 bridgehead atoms. The Labute approximate surface area is 153 Å². The van der Waals surface area contributed by atoms with Gasteiger partial charge in [-0.15, -0.1) is 0 Å². The molecule has 0 amide bonds. The highest BCUT2D eigenvalue weighted by Crippen LogP contribution is 2.39. The van der Waals surface area contributed by atoms with Crippen molar-refractivity contribution in [2.45, 2.75) is 38.6 Å². The van der Waals surface area contributed by atoms with Crippen LogP contribution in [0.15, 0.2) is 17.2 Å². The second-order valence-electron chi connectivity index (χ2n) is 6.46. The quantitative estimate of drug-likeness (QED) is 0.487. The minimum Gasteiger partial charge on any atom is -0.493 e. The fourth-order valence-electron chi connectivity index (χ4n) is 3.26. The number of rotatable bonds is 4. The number of ether oxygens (including phenoxy) is 3. The van der Waals surface area contributed by atoms with Gasteiger partial charge in [0, 0.05) is 11.6 Å². The van der Waals surface area contributed by atoms with Crippen molar-refractivity contribution in [1.29, 1.82) is 0 Å². The number of nitrogens with zero attached hydrogens (tertiary/aromatic N) is 1. The first-order chi connectivity index (χ1) is 12.2. The third kappa shape index (κ3) is 4.54. The number of fused-ring (bicyclic) bond motifs is 1. The van der Waals surface area contributed by atoms with E-state index in [9.17, 15) is 0 Å². The Morgan fingerprint density at radius 3 is 2.88 bits per heavy atom. The van der Waals surface area contributed by atoms with Crippen molar-refractivity contribution in [3.05, 3.63) is 17.7 Å². The van der Waals surface area contributed by atoms with Gasteiger partial charge >= 0.3 is 0 Å². The third-order valence-electron chi connectivity index (χ3n) is 4.66. The first-order valence-electron chi connectivity index (χ1n) is 8.74. The van der Waals surface area contributed by atoms with E-state index in [1.807, 2.05) is 12.1 Å². The summed E-state index contributed by atoms with van der Waals surface area (Å²) < 4.78 is 16.6. The number of thiocarbonyl (C=S) groups is 1. The van der Waals surface area contributed by atoms with Crippen LogP contribution in [-0.2, 0) is 0 Å². The first-order valence-corrected chi connectivity index (χ1v) is 9.15. The number of methoxy groups -OCH3 is 1. The molecule has 2 N–H and O–H groups in total. The minimum atomic E-state index is 0.429. The summed E-state index contributed by atoms with van der Waals surface area (Å²) in [6, 6.07) is 4.17. The van der Waals surface area contributed by atoms with Crippen LogP contribution >= 0.6 is 12.2 Å². The molecule has 0 radical (unpaired) electrons. The van der Waals surface area contributed by atoms with Crippen molar-refractivity contribution >= 4 is 23.5 Å². The summed E-state index contributed by atoms with van der Waals surface area (Å²) in [6.07, 6.45) is 6.67. The van der Waals surface area contributed by atoms with Crippen LogP contribution in [0.5, 0.6) is 17.2 Å². The lowest BCUT2D eigenvalue weighted by atomic mass is 9.86. The normalized spacial score (nSPS) is 22.5. The van der Waals surface area contributed by atoms with E-state index in [0.717, 1.165) is 12.0 Å². The number of hydrogen-bond acceptors (Lipinski definition) is 5. The Morgan fingerprint density at radius 1 is 1.28 bits per heavy atom. The zero-order chi connectivity index (χ0) is 17.6. The van der Waals surface area contributed by atoms with Gasteiger partial charge in [0.15, 0.2) is 16.6 Å². The van der Waals surface area contributed by atoms with Crippen molar-refractivity contribution in [2.75, 3.05) is 20.3 Å². The number of hydrazone groups is 1. The van der Waals surface area contributed by atoms with Crippen molar-refractivity contribution in [3.63, 3.8) is 0 Å². The largest absolute Gasteiger partial charge is 0.493 e. The van der Waals surface area contributed by atoms with Gasteiger partial charge < -0.3 is 19.5 Å². The lowest BCUT2D eigenvalue weighted by Gasteiger charge is -2.30. The average molecular weight is 363 g/mol. The SMILES string of the molecule is COc1cc(/C=N\NC(=S)N[C@H]2CCCC[C@@H]2C)cc2c1OCCO2.